The van der Waals surface area contributed by atoms with Crippen molar-refractivity contribution in [2.24, 2.45) is 0 Å². The van der Waals surface area contributed by atoms with E-state index in [0.717, 1.165) is 0 Å². The molecule has 1 aromatic rings. The van der Waals surface area contributed by atoms with E-state index in [4.69, 9.17) is 0 Å². The zero-order chi connectivity index (χ0) is 13.5. The lowest BCUT2D eigenvalue weighted by Crippen LogP contribution is -2.25. The summed E-state index contributed by atoms with van der Waals surface area (Å²) >= 11 is 0. The number of benzene rings is 1. The molecule has 2 amide bonds. The number of hydrogen-bond acceptors (Lipinski definition) is 4. The summed E-state index contributed by atoms with van der Waals surface area (Å²) in [6, 6.07) is 6.45. The second kappa shape index (κ2) is 6.39. The summed E-state index contributed by atoms with van der Waals surface area (Å²) in [7, 11) is 0. The third-order valence-corrected chi connectivity index (χ3v) is 1.90. The number of nitrogens with one attached hydrogen (secondary N) is 2. The first-order valence-corrected chi connectivity index (χ1v) is 5.38. The minimum atomic E-state index is -0.942. The number of ether oxygens (including phenoxy) is 1. The van der Waals surface area contributed by atoms with Crippen LogP contribution < -0.4 is 10.6 Å². The first-order chi connectivity index (χ1) is 8.52. The molecule has 0 aromatic heterocycles. The molecule has 0 heterocycles. The van der Waals surface area contributed by atoms with Crippen molar-refractivity contribution in [2.45, 2.75) is 13.8 Å². The number of carbonyl (C=O) groups is 3. The van der Waals surface area contributed by atoms with Gasteiger partial charge in [0.2, 0.25) is 5.91 Å². The van der Waals surface area contributed by atoms with Gasteiger partial charge in [-0.3, -0.25) is 9.59 Å². The highest BCUT2D eigenvalue weighted by atomic mass is 16.5. The molecule has 0 saturated heterocycles. The van der Waals surface area contributed by atoms with Crippen molar-refractivity contribution in [1.82, 2.24) is 0 Å². The van der Waals surface area contributed by atoms with Crippen LogP contribution >= 0.6 is 0 Å². The van der Waals surface area contributed by atoms with Gasteiger partial charge < -0.3 is 15.4 Å². The quantitative estimate of drug-likeness (QED) is 0.622. The standard InChI is InChI=1S/C12H14N2O4/c1-3-18-12(17)11(16)14-10-6-4-5-9(7-10)13-8(2)15/h4-7H,3H2,1-2H3,(H,13,15)(H,14,16). The molecule has 0 saturated carbocycles. The van der Waals surface area contributed by atoms with Crippen molar-refractivity contribution in [3.8, 4) is 0 Å². The second-order valence-corrected chi connectivity index (χ2v) is 3.44. The van der Waals surface area contributed by atoms with Crippen LogP contribution in [0, 0.1) is 0 Å². The van der Waals surface area contributed by atoms with E-state index in [-0.39, 0.29) is 12.5 Å². The van der Waals surface area contributed by atoms with Crippen LogP contribution in [0.4, 0.5) is 11.4 Å². The Kier molecular flexibility index (Phi) is 4.86. The van der Waals surface area contributed by atoms with E-state index in [1.54, 1.807) is 31.2 Å². The van der Waals surface area contributed by atoms with Gasteiger partial charge in [0.15, 0.2) is 0 Å². The molecule has 0 aliphatic carbocycles. The van der Waals surface area contributed by atoms with Gasteiger partial charge in [0.25, 0.3) is 0 Å². The smallest absolute Gasteiger partial charge is 0.397 e. The zero-order valence-corrected chi connectivity index (χ0v) is 10.1. The third-order valence-electron chi connectivity index (χ3n) is 1.90. The molecule has 0 aliphatic rings. The summed E-state index contributed by atoms with van der Waals surface area (Å²) in [5.41, 5.74) is 0.934. The van der Waals surface area contributed by atoms with Gasteiger partial charge in [0.1, 0.15) is 0 Å². The first kappa shape index (κ1) is 13.7. The Balaban J connectivity index is 2.70. The van der Waals surface area contributed by atoms with Crippen LogP contribution in [0.2, 0.25) is 0 Å². The van der Waals surface area contributed by atoms with Crippen LogP contribution in [0.15, 0.2) is 24.3 Å². The molecule has 0 fully saturated rings. The molecule has 2 N–H and O–H groups in total. The molecule has 96 valence electrons. The number of anilines is 2. The average molecular weight is 250 g/mol. The molecule has 1 aromatic carbocycles. The van der Waals surface area contributed by atoms with E-state index < -0.39 is 11.9 Å². The average Bonchev–Trinajstić information content (AvgIpc) is 2.28. The van der Waals surface area contributed by atoms with E-state index in [1.165, 1.54) is 6.92 Å². The summed E-state index contributed by atoms with van der Waals surface area (Å²) < 4.78 is 4.55. The van der Waals surface area contributed by atoms with Crippen molar-refractivity contribution >= 4 is 29.2 Å². The van der Waals surface area contributed by atoms with Gasteiger partial charge >= 0.3 is 11.9 Å². The molecule has 0 radical (unpaired) electrons. The molecule has 18 heavy (non-hydrogen) atoms. The van der Waals surface area contributed by atoms with E-state index >= 15 is 0 Å². The Bertz CT molecular complexity index is 471. The predicted octanol–water partition coefficient (Wildman–Crippen LogP) is 1.15. The maximum Gasteiger partial charge on any atom is 0.397 e. The SMILES string of the molecule is CCOC(=O)C(=O)Nc1cccc(NC(C)=O)c1. The lowest BCUT2D eigenvalue weighted by molar-refractivity contribution is -0.152. The predicted molar refractivity (Wildman–Crippen MR) is 66.0 cm³/mol. The van der Waals surface area contributed by atoms with E-state index in [9.17, 15) is 14.4 Å². The Morgan fingerprint density at radius 3 is 2.33 bits per heavy atom. The van der Waals surface area contributed by atoms with Gasteiger partial charge in [0, 0.05) is 18.3 Å². The van der Waals surface area contributed by atoms with Crippen molar-refractivity contribution in [1.29, 1.82) is 0 Å². The minimum Gasteiger partial charge on any atom is -0.459 e. The molecule has 0 aliphatic heterocycles. The van der Waals surface area contributed by atoms with Gasteiger partial charge in [-0.25, -0.2) is 4.79 Å². The van der Waals surface area contributed by atoms with Gasteiger partial charge in [-0.2, -0.15) is 0 Å². The van der Waals surface area contributed by atoms with Gasteiger partial charge in [-0.15, -0.1) is 0 Å². The molecule has 1 rings (SSSR count). The molecule has 0 spiro atoms. The Morgan fingerprint density at radius 2 is 1.78 bits per heavy atom. The van der Waals surface area contributed by atoms with Gasteiger partial charge in [0.05, 0.1) is 6.61 Å². The van der Waals surface area contributed by atoms with Crippen LogP contribution in [0.25, 0.3) is 0 Å². The Morgan fingerprint density at radius 1 is 1.17 bits per heavy atom. The van der Waals surface area contributed by atoms with E-state index in [2.05, 4.69) is 15.4 Å². The number of rotatable bonds is 3. The summed E-state index contributed by atoms with van der Waals surface area (Å²) in [4.78, 5) is 33.3. The zero-order valence-electron chi connectivity index (χ0n) is 10.1. The molecule has 6 heteroatoms. The van der Waals surface area contributed by atoms with E-state index in [1.807, 2.05) is 0 Å². The molecule has 6 nitrogen and oxygen atoms in total. The van der Waals surface area contributed by atoms with Crippen molar-refractivity contribution in [3.63, 3.8) is 0 Å². The Labute approximate surface area is 104 Å². The second-order valence-electron chi connectivity index (χ2n) is 3.44. The fourth-order valence-corrected chi connectivity index (χ4v) is 1.26. The number of esters is 1. The molecular formula is C12H14N2O4. The van der Waals surface area contributed by atoms with Crippen LogP contribution in [0.3, 0.4) is 0 Å². The summed E-state index contributed by atoms with van der Waals surface area (Å²) in [5, 5.41) is 4.94. The lowest BCUT2D eigenvalue weighted by Gasteiger charge is -2.07. The molecular weight excluding hydrogens is 236 g/mol. The summed E-state index contributed by atoms with van der Waals surface area (Å²) in [6.45, 7) is 3.13. The molecule has 0 atom stereocenters. The number of amides is 2. The van der Waals surface area contributed by atoms with Gasteiger partial charge in [-0.1, -0.05) is 6.07 Å². The minimum absolute atomic E-state index is 0.137. The Hall–Kier alpha value is -2.37. The summed E-state index contributed by atoms with van der Waals surface area (Å²) in [5.74, 6) is -2.01. The maximum atomic E-state index is 11.4. The monoisotopic (exact) mass is 250 g/mol. The number of hydrogen-bond donors (Lipinski definition) is 2. The highest BCUT2D eigenvalue weighted by Gasteiger charge is 2.14. The fraction of sp³-hybridized carbons (Fsp3) is 0.250. The number of carbonyl (C=O) groups excluding carboxylic acids is 3. The normalized spacial score (nSPS) is 9.44. The third kappa shape index (κ3) is 4.25. The largest absolute Gasteiger partial charge is 0.459 e. The van der Waals surface area contributed by atoms with Crippen molar-refractivity contribution < 1.29 is 19.1 Å². The van der Waals surface area contributed by atoms with Crippen LogP contribution in [-0.4, -0.2) is 24.4 Å². The summed E-state index contributed by atoms with van der Waals surface area (Å²) in [6.07, 6.45) is 0. The van der Waals surface area contributed by atoms with Crippen LogP contribution in [0.1, 0.15) is 13.8 Å². The first-order valence-electron chi connectivity index (χ1n) is 5.38. The fourth-order valence-electron chi connectivity index (χ4n) is 1.26. The van der Waals surface area contributed by atoms with Crippen LogP contribution in [0.5, 0.6) is 0 Å². The highest BCUT2D eigenvalue weighted by molar-refractivity contribution is 6.37. The van der Waals surface area contributed by atoms with E-state index in [0.29, 0.717) is 11.4 Å². The maximum absolute atomic E-state index is 11.4. The van der Waals surface area contributed by atoms with Crippen molar-refractivity contribution in [2.75, 3.05) is 17.2 Å². The van der Waals surface area contributed by atoms with Crippen LogP contribution in [-0.2, 0) is 19.1 Å². The highest BCUT2D eigenvalue weighted by Crippen LogP contribution is 2.14. The van der Waals surface area contributed by atoms with Crippen molar-refractivity contribution in [3.05, 3.63) is 24.3 Å². The lowest BCUT2D eigenvalue weighted by atomic mass is 10.2. The molecule has 0 unspecified atom stereocenters. The van der Waals surface area contributed by atoms with Gasteiger partial charge in [-0.05, 0) is 25.1 Å². The molecule has 0 bridgehead atoms. The topological polar surface area (TPSA) is 84.5 Å².